The molecule has 1 atom stereocenters. The zero-order chi connectivity index (χ0) is 9.97. The van der Waals surface area contributed by atoms with Gasteiger partial charge in [0.15, 0.2) is 0 Å². The topological polar surface area (TPSA) is 39.2 Å². The van der Waals surface area contributed by atoms with E-state index in [1.807, 2.05) is 12.1 Å². The number of esters is 1. The van der Waals surface area contributed by atoms with E-state index in [1.54, 1.807) is 6.20 Å². The molecule has 1 aromatic heterocycles. The standard InChI is InChI=1S/C11H13NO2/c1-14-11(13)9-6-2-4-8-5-3-7-12-10(8)9/h3,5,7,9H,2,4,6H2,1H3. The molecule has 0 saturated heterocycles. The minimum atomic E-state index is -0.162. The highest BCUT2D eigenvalue weighted by Gasteiger charge is 2.27. The number of hydrogen-bond acceptors (Lipinski definition) is 3. The predicted octanol–water partition coefficient (Wildman–Crippen LogP) is 1.67. The van der Waals surface area contributed by atoms with Crippen LogP contribution in [0.5, 0.6) is 0 Å². The third-order valence-corrected chi connectivity index (χ3v) is 2.68. The minimum Gasteiger partial charge on any atom is -0.469 e. The molecule has 2 rings (SSSR count). The van der Waals surface area contributed by atoms with Gasteiger partial charge in [0.25, 0.3) is 0 Å². The number of methoxy groups -OCH3 is 1. The van der Waals surface area contributed by atoms with Crippen LogP contribution in [0.3, 0.4) is 0 Å². The van der Waals surface area contributed by atoms with Gasteiger partial charge in [-0.15, -0.1) is 0 Å². The van der Waals surface area contributed by atoms with Crippen molar-refractivity contribution in [3.05, 3.63) is 29.6 Å². The van der Waals surface area contributed by atoms with Crippen LogP contribution in [0, 0.1) is 0 Å². The number of hydrogen-bond donors (Lipinski definition) is 0. The van der Waals surface area contributed by atoms with Gasteiger partial charge in [-0.05, 0) is 30.9 Å². The van der Waals surface area contributed by atoms with Crippen LogP contribution in [0.4, 0.5) is 0 Å². The summed E-state index contributed by atoms with van der Waals surface area (Å²) in [6, 6.07) is 3.95. The van der Waals surface area contributed by atoms with Crippen LogP contribution in [0.25, 0.3) is 0 Å². The molecule has 1 heterocycles. The van der Waals surface area contributed by atoms with Crippen LogP contribution in [-0.2, 0) is 16.0 Å². The van der Waals surface area contributed by atoms with Crippen molar-refractivity contribution in [1.82, 2.24) is 4.98 Å². The van der Waals surface area contributed by atoms with Crippen molar-refractivity contribution in [2.24, 2.45) is 0 Å². The fourth-order valence-electron chi connectivity index (χ4n) is 1.98. The van der Waals surface area contributed by atoms with Gasteiger partial charge in [-0.3, -0.25) is 9.78 Å². The minimum absolute atomic E-state index is 0.148. The van der Waals surface area contributed by atoms with E-state index in [9.17, 15) is 4.79 Å². The molecule has 14 heavy (non-hydrogen) atoms. The smallest absolute Gasteiger partial charge is 0.314 e. The molecule has 74 valence electrons. The molecule has 1 aliphatic carbocycles. The van der Waals surface area contributed by atoms with Crippen LogP contribution < -0.4 is 0 Å². The lowest BCUT2D eigenvalue weighted by atomic mass is 9.87. The number of nitrogens with zero attached hydrogens (tertiary/aromatic N) is 1. The molecule has 1 unspecified atom stereocenters. The van der Waals surface area contributed by atoms with Gasteiger partial charge in [-0.25, -0.2) is 0 Å². The Labute approximate surface area is 83.1 Å². The monoisotopic (exact) mass is 191 g/mol. The number of fused-ring (bicyclic) bond motifs is 1. The van der Waals surface area contributed by atoms with E-state index in [1.165, 1.54) is 12.7 Å². The third kappa shape index (κ3) is 1.50. The fraction of sp³-hybridized carbons (Fsp3) is 0.455. The van der Waals surface area contributed by atoms with E-state index < -0.39 is 0 Å². The highest BCUT2D eigenvalue weighted by Crippen LogP contribution is 2.30. The zero-order valence-corrected chi connectivity index (χ0v) is 8.19. The summed E-state index contributed by atoms with van der Waals surface area (Å²) in [5.74, 6) is -0.311. The molecular formula is C11H13NO2. The number of carbonyl (C=O) groups excluding carboxylic acids is 1. The maximum absolute atomic E-state index is 11.5. The Morgan fingerprint density at radius 3 is 3.29 bits per heavy atom. The molecular weight excluding hydrogens is 178 g/mol. The molecule has 0 fully saturated rings. The second-order valence-corrected chi connectivity index (χ2v) is 3.52. The van der Waals surface area contributed by atoms with Crippen molar-refractivity contribution in [3.8, 4) is 0 Å². The molecule has 1 aromatic rings. The van der Waals surface area contributed by atoms with E-state index in [0.29, 0.717) is 0 Å². The summed E-state index contributed by atoms with van der Waals surface area (Å²) in [6.45, 7) is 0. The molecule has 0 N–H and O–H groups in total. The predicted molar refractivity (Wildman–Crippen MR) is 51.9 cm³/mol. The Kier molecular flexibility index (Phi) is 2.48. The normalized spacial score (nSPS) is 19.9. The van der Waals surface area contributed by atoms with E-state index >= 15 is 0 Å². The summed E-state index contributed by atoms with van der Waals surface area (Å²) >= 11 is 0. The molecule has 0 amide bonds. The molecule has 3 heteroatoms. The average Bonchev–Trinajstić information content (AvgIpc) is 2.27. The molecule has 0 bridgehead atoms. The van der Waals surface area contributed by atoms with Crippen molar-refractivity contribution in [2.75, 3.05) is 7.11 Å². The number of aromatic nitrogens is 1. The van der Waals surface area contributed by atoms with Crippen LogP contribution in [0.1, 0.15) is 30.0 Å². The maximum Gasteiger partial charge on any atom is 0.314 e. The van der Waals surface area contributed by atoms with Crippen molar-refractivity contribution >= 4 is 5.97 Å². The van der Waals surface area contributed by atoms with Gasteiger partial charge in [0.2, 0.25) is 0 Å². The summed E-state index contributed by atoms with van der Waals surface area (Å²) in [6.07, 6.45) is 4.66. The van der Waals surface area contributed by atoms with E-state index in [-0.39, 0.29) is 11.9 Å². The average molecular weight is 191 g/mol. The SMILES string of the molecule is COC(=O)C1CCCc2cccnc21. The van der Waals surface area contributed by atoms with Gasteiger partial charge in [0, 0.05) is 6.20 Å². The van der Waals surface area contributed by atoms with Gasteiger partial charge < -0.3 is 4.74 Å². The maximum atomic E-state index is 11.5. The first-order valence-electron chi connectivity index (χ1n) is 4.84. The molecule has 0 spiro atoms. The number of aryl methyl sites for hydroxylation is 1. The highest BCUT2D eigenvalue weighted by molar-refractivity contribution is 5.78. The highest BCUT2D eigenvalue weighted by atomic mass is 16.5. The van der Waals surface area contributed by atoms with Gasteiger partial charge in [0.1, 0.15) is 0 Å². The molecule has 0 aromatic carbocycles. The van der Waals surface area contributed by atoms with Gasteiger partial charge in [-0.1, -0.05) is 6.07 Å². The van der Waals surface area contributed by atoms with Gasteiger partial charge in [0.05, 0.1) is 18.7 Å². The lowest BCUT2D eigenvalue weighted by Gasteiger charge is -2.21. The van der Waals surface area contributed by atoms with E-state index in [4.69, 9.17) is 4.74 Å². The first-order valence-corrected chi connectivity index (χ1v) is 4.84. The van der Waals surface area contributed by atoms with Crippen molar-refractivity contribution < 1.29 is 9.53 Å². The summed E-state index contributed by atoms with van der Waals surface area (Å²) in [7, 11) is 1.43. The number of carbonyl (C=O) groups is 1. The van der Waals surface area contributed by atoms with Crippen molar-refractivity contribution in [3.63, 3.8) is 0 Å². The van der Waals surface area contributed by atoms with Gasteiger partial charge in [-0.2, -0.15) is 0 Å². The molecule has 0 aliphatic heterocycles. The summed E-state index contributed by atoms with van der Waals surface area (Å²) in [5, 5.41) is 0. The van der Waals surface area contributed by atoms with Crippen LogP contribution in [-0.4, -0.2) is 18.1 Å². The van der Waals surface area contributed by atoms with Crippen molar-refractivity contribution in [1.29, 1.82) is 0 Å². The fourth-order valence-corrected chi connectivity index (χ4v) is 1.98. The first kappa shape index (κ1) is 9.19. The molecule has 1 aliphatic rings. The second-order valence-electron chi connectivity index (χ2n) is 3.52. The van der Waals surface area contributed by atoms with E-state index in [0.717, 1.165) is 25.0 Å². The Bertz CT molecular complexity index is 349. The second kappa shape index (κ2) is 3.78. The molecule has 3 nitrogen and oxygen atoms in total. The zero-order valence-electron chi connectivity index (χ0n) is 8.19. The quantitative estimate of drug-likeness (QED) is 0.634. The van der Waals surface area contributed by atoms with Gasteiger partial charge >= 0.3 is 5.97 Å². The Morgan fingerprint density at radius 2 is 2.50 bits per heavy atom. The Hall–Kier alpha value is -1.38. The van der Waals surface area contributed by atoms with Crippen LogP contribution >= 0.6 is 0 Å². The Morgan fingerprint density at radius 1 is 1.64 bits per heavy atom. The number of ether oxygens (including phenoxy) is 1. The molecule has 0 radical (unpaired) electrons. The lowest BCUT2D eigenvalue weighted by molar-refractivity contribution is -0.142. The number of rotatable bonds is 1. The summed E-state index contributed by atoms with van der Waals surface area (Å²) in [4.78, 5) is 15.7. The number of pyridine rings is 1. The van der Waals surface area contributed by atoms with Crippen LogP contribution in [0.15, 0.2) is 18.3 Å². The van der Waals surface area contributed by atoms with Crippen LogP contribution in [0.2, 0.25) is 0 Å². The summed E-state index contributed by atoms with van der Waals surface area (Å²) < 4.78 is 4.77. The third-order valence-electron chi connectivity index (χ3n) is 2.68. The van der Waals surface area contributed by atoms with Crippen molar-refractivity contribution in [2.45, 2.75) is 25.2 Å². The Balaban J connectivity index is 2.35. The largest absolute Gasteiger partial charge is 0.469 e. The summed E-state index contributed by atoms with van der Waals surface area (Å²) in [5.41, 5.74) is 2.10. The lowest BCUT2D eigenvalue weighted by Crippen LogP contribution is -2.20. The van der Waals surface area contributed by atoms with E-state index in [2.05, 4.69) is 4.98 Å². The molecule has 0 saturated carbocycles. The first-order chi connectivity index (χ1) is 6.83.